The number of thiocarbonyl (C=S) groups is 1. The molecule has 0 amide bonds. The molecule has 2 aliphatic heterocycles. The Morgan fingerprint density at radius 2 is 1.85 bits per heavy atom. The highest BCUT2D eigenvalue weighted by Crippen LogP contribution is 2.44. The maximum atomic E-state index is 11.3. The van der Waals surface area contributed by atoms with E-state index >= 15 is 0 Å². The highest BCUT2D eigenvalue weighted by molar-refractivity contribution is 7.80. The van der Waals surface area contributed by atoms with Crippen LogP contribution in [0.5, 0.6) is 0 Å². The average molecular weight is 573 g/mol. The Morgan fingerprint density at radius 3 is 2.52 bits per heavy atom. The molecule has 0 saturated carbocycles. The number of rotatable bonds is 6. The summed E-state index contributed by atoms with van der Waals surface area (Å²) in [5.41, 5.74) is 3.75. The zero-order valence-corrected chi connectivity index (χ0v) is 23.5. The van der Waals surface area contributed by atoms with Crippen LogP contribution in [0.1, 0.15) is 53.7 Å². The quantitative estimate of drug-likeness (QED) is 0.237. The molecular formula is C31H29ClN4O3S. The maximum absolute atomic E-state index is 11.3. The summed E-state index contributed by atoms with van der Waals surface area (Å²) in [6, 6.07) is 21.8. The summed E-state index contributed by atoms with van der Waals surface area (Å²) < 4.78 is 6.41. The molecule has 2 saturated heterocycles. The van der Waals surface area contributed by atoms with E-state index in [4.69, 9.17) is 28.2 Å². The van der Waals surface area contributed by atoms with Gasteiger partial charge in [-0.25, -0.2) is 4.79 Å². The summed E-state index contributed by atoms with van der Waals surface area (Å²) in [5.74, 6) is 1.10. The van der Waals surface area contributed by atoms with E-state index in [9.17, 15) is 9.90 Å². The molecular weight excluding hydrogens is 544 g/mol. The van der Waals surface area contributed by atoms with Crippen LogP contribution in [0.25, 0.3) is 11.3 Å². The van der Waals surface area contributed by atoms with E-state index in [1.807, 2.05) is 41.3 Å². The SMILES string of the molecule is CC1CCN(c2ccc(N3C(=S)N[C@@H](c4ccccn4)[C@@H]3c3ccc(-c4ccc(C(=O)O)cc4)o3)cc2Cl)CC1. The fourth-order valence-electron chi connectivity index (χ4n) is 5.52. The minimum Gasteiger partial charge on any atom is -0.478 e. The van der Waals surface area contributed by atoms with Crippen LogP contribution in [-0.4, -0.2) is 34.3 Å². The number of anilines is 2. The number of furan rings is 1. The molecule has 2 aromatic heterocycles. The fraction of sp³-hybridized carbons (Fsp3) is 0.258. The monoisotopic (exact) mass is 572 g/mol. The van der Waals surface area contributed by atoms with E-state index in [2.05, 4.69) is 34.3 Å². The van der Waals surface area contributed by atoms with E-state index < -0.39 is 5.97 Å². The molecule has 0 radical (unpaired) electrons. The van der Waals surface area contributed by atoms with E-state index in [0.717, 1.165) is 54.5 Å². The predicted molar refractivity (Wildman–Crippen MR) is 161 cm³/mol. The van der Waals surface area contributed by atoms with Gasteiger partial charge in [0.2, 0.25) is 0 Å². The first-order chi connectivity index (χ1) is 19.4. The number of nitrogens with zero attached hydrogens (tertiary/aromatic N) is 3. The largest absolute Gasteiger partial charge is 0.478 e. The van der Waals surface area contributed by atoms with Gasteiger partial charge in [-0.15, -0.1) is 0 Å². The van der Waals surface area contributed by atoms with Gasteiger partial charge in [0.05, 0.1) is 28.0 Å². The number of carbonyl (C=O) groups is 1. The van der Waals surface area contributed by atoms with E-state index in [1.165, 1.54) is 0 Å². The number of piperidine rings is 1. The normalized spacial score (nSPS) is 19.6. The summed E-state index contributed by atoms with van der Waals surface area (Å²) in [6.07, 6.45) is 4.08. The third-order valence-electron chi connectivity index (χ3n) is 7.77. The Labute approximate surface area is 243 Å². The van der Waals surface area contributed by atoms with Crippen molar-refractivity contribution in [3.8, 4) is 11.3 Å². The molecule has 0 unspecified atom stereocenters. The second-order valence-electron chi connectivity index (χ2n) is 10.4. The number of carboxylic acid groups (broad SMARTS) is 1. The third-order valence-corrected chi connectivity index (χ3v) is 8.38. The Bertz CT molecular complexity index is 1530. The number of benzene rings is 2. The lowest BCUT2D eigenvalue weighted by molar-refractivity contribution is 0.0697. The van der Waals surface area contributed by atoms with Crippen molar-refractivity contribution in [2.75, 3.05) is 22.9 Å². The third kappa shape index (κ3) is 5.05. The molecule has 40 heavy (non-hydrogen) atoms. The molecule has 2 aliphatic rings. The zero-order chi connectivity index (χ0) is 27.8. The topological polar surface area (TPSA) is 81.8 Å². The first-order valence-electron chi connectivity index (χ1n) is 13.4. The molecule has 2 fully saturated rings. The summed E-state index contributed by atoms with van der Waals surface area (Å²) >= 11 is 12.7. The Hall–Kier alpha value is -3.88. The molecule has 9 heteroatoms. The lowest BCUT2D eigenvalue weighted by atomic mass is 9.98. The van der Waals surface area contributed by atoms with Crippen LogP contribution < -0.4 is 15.1 Å². The van der Waals surface area contributed by atoms with Gasteiger partial charge in [-0.1, -0.05) is 36.7 Å². The van der Waals surface area contributed by atoms with Crippen LogP contribution >= 0.6 is 23.8 Å². The van der Waals surface area contributed by atoms with Crippen molar-refractivity contribution in [1.29, 1.82) is 0 Å². The highest BCUT2D eigenvalue weighted by atomic mass is 35.5. The van der Waals surface area contributed by atoms with Crippen molar-refractivity contribution in [3.05, 3.63) is 101 Å². The summed E-state index contributed by atoms with van der Waals surface area (Å²) in [6.45, 7) is 4.29. The second-order valence-corrected chi connectivity index (χ2v) is 11.2. The Balaban J connectivity index is 1.36. The molecule has 4 heterocycles. The highest BCUT2D eigenvalue weighted by Gasteiger charge is 2.42. The number of nitrogens with one attached hydrogen (secondary N) is 1. The number of hydrogen-bond donors (Lipinski definition) is 2. The van der Waals surface area contributed by atoms with Gasteiger partial charge in [0.25, 0.3) is 0 Å². The van der Waals surface area contributed by atoms with Crippen molar-refractivity contribution >= 4 is 46.3 Å². The smallest absolute Gasteiger partial charge is 0.335 e. The number of aromatic carboxylic acids is 1. The van der Waals surface area contributed by atoms with Crippen molar-refractivity contribution in [1.82, 2.24) is 10.3 Å². The van der Waals surface area contributed by atoms with E-state index in [-0.39, 0.29) is 17.6 Å². The Morgan fingerprint density at radius 1 is 1.07 bits per heavy atom. The molecule has 204 valence electrons. The summed E-state index contributed by atoms with van der Waals surface area (Å²) in [7, 11) is 0. The molecule has 4 aromatic rings. The van der Waals surface area contributed by atoms with Crippen LogP contribution in [0.4, 0.5) is 11.4 Å². The van der Waals surface area contributed by atoms with Crippen LogP contribution in [0.15, 0.2) is 83.4 Å². The van der Waals surface area contributed by atoms with Gasteiger partial charge in [-0.3, -0.25) is 4.98 Å². The fourth-order valence-corrected chi connectivity index (χ4v) is 6.16. The molecule has 2 atom stereocenters. The number of pyridine rings is 1. The first kappa shape index (κ1) is 26.3. The summed E-state index contributed by atoms with van der Waals surface area (Å²) in [5, 5.41) is 13.9. The van der Waals surface area contributed by atoms with Gasteiger partial charge >= 0.3 is 5.97 Å². The first-order valence-corrected chi connectivity index (χ1v) is 14.2. The van der Waals surface area contributed by atoms with Gasteiger partial charge in [0.1, 0.15) is 17.6 Å². The molecule has 7 nitrogen and oxygen atoms in total. The van der Waals surface area contributed by atoms with Crippen molar-refractivity contribution < 1.29 is 14.3 Å². The van der Waals surface area contributed by atoms with Gasteiger partial charge in [0.15, 0.2) is 5.11 Å². The lowest BCUT2D eigenvalue weighted by Crippen LogP contribution is -2.33. The number of halogens is 1. The van der Waals surface area contributed by atoms with Crippen molar-refractivity contribution in [2.45, 2.75) is 31.8 Å². The standard InChI is InChI=1S/C31H29ClN4O3S/c1-19-13-16-35(17-14-19)25-10-9-22(18-23(25)32)36-29(28(34-31(36)40)24-4-2-3-15-33-24)27-12-11-26(39-27)20-5-7-21(8-6-20)30(37)38/h2-12,15,18-19,28-29H,13-14,16-17H2,1H3,(H,34,40)(H,37,38)/t28-,29-/m0/s1. The van der Waals surface area contributed by atoms with E-state index in [0.29, 0.717) is 21.7 Å². The lowest BCUT2D eigenvalue weighted by Gasteiger charge is -2.33. The molecule has 2 N–H and O–H groups in total. The number of carboxylic acids is 1. The maximum Gasteiger partial charge on any atom is 0.335 e. The molecule has 6 rings (SSSR count). The van der Waals surface area contributed by atoms with Crippen molar-refractivity contribution in [3.63, 3.8) is 0 Å². The average Bonchev–Trinajstić information content (AvgIpc) is 3.59. The minimum absolute atomic E-state index is 0.224. The molecule has 0 bridgehead atoms. The van der Waals surface area contributed by atoms with Crippen LogP contribution in [-0.2, 0) is 0 Å². The molecule has 0 aliphatic carbocycles. The predicted octanol–water partition coefficient (Wildman–Crippen LogP) is 7.11. The minimum atomic E-state index is -0.967. The van der Waals surface area contributed by atoms with Gasteiger partial charge in [0, 0.05) is 30.5 Å². The Kier molecular flexibility index (Phi) is 7.21. The van der Waals surface area contributed by atoms with Gasteiger partial charge in [-0.05, 0) is 85.6 Å². The van der Waals surface area contributed by atoms with Crippen LogP contribution in [0.2, 0.25) is 5.02 Å². The van der Waals surface area contributed by atoms with E-state index in [1.54, 1.807) is 30.5 Å². The van der Waals surface area contributed by atoms with Crippen LogP contribution in [0, 0.1) is 5.92 Å². The number of hydrogen-bond acceptors (Lipinski definition) is 5. The molecule has 2 aromatic carbocycles. The van der Waals surface area contributed by atoms with Gasteiger partial charge in [-0.2, -0.15) is 0 Å². The zero-order valence-electron chi connectivity index (χ0n) is 22.0. The molecule has 0 spiro atoms. The van der Waals surface area contributed by atoms with Gasteiger partial charge < -0.3 is 24.6 Å². The van der Waals surface area contributed by atoms with Crippen LogP contribution in [0.3, 0.4) is 0 Å². The summed E-state index contributed by atoms with van der Waals surface area (Å²) in [4.78, 5) is 20.3. The second kappa shape index (κ2) is 10.9. The van der Waals surface area contributed by atoms with Crippen molar-refractivity contribution in [2.24, 2.45) is 5.92 Å². The number of aromatic nitrogens is 1.